The van der Waals surface area contributed by atoms with Crippen molar-refractivity contribution in [3.8, 4) is 5.75 Å². The Labute approximate surface area is 124 Å². The molecule has 0 aliphatic carbocycles. The van der Waals surface area contributed by atoms with E-state index >= 15 is 0 Å². The van der Waals surface area contributed by atoms with Crippen LogP contribution < -0.4 is 10.1 Å². The van der Waals surface area contributed by atoms with Gasteiger partial charge < -0.3 is 20.3 Å². The monoisotopic (exact) mass is 297 g/mol. The van der Waals surface area contributed by atoms with E-state index in [0.717, 1.165) is 12.3 Å². The van der Waals surface area contributed by atoms with Crippen LogP contribution in [0.3, 0.4) is 0 Å². The van der Waals surface area contributed by atoms with E-state index in [-0.39, 0.29) is 5.54 Å². The minimum Gasteiger partial charge on any atom is -0.492 e. The standard InChI is InChI=1S/C13H21NO.C2H2O4/c1-11-6-5-7-12(10-11)15-9-8-14-13(2,3)4;3-1(4)2(5)6/h5-7,10,14H,8-9H2,1-4H3;(H,3,4)(H,5,6). The minimum atomic E-state index is -1.82. The van der Waals surface area contributed by atoms with Crippen LogP contribution in [0.5, 0.6) is 5.75 Å². The van der Waals surface area contributed by atoms with E-state index in [1.807, 2.05) is 12.1 Å². The maximum absolute atomic E-state index is 9.10. The summed E-state index contributed by atoms with van der Waals surface area (Å²) in [6.45, 7) is 10.1. The maximum atomic E-state index is 9.10. The number of aliphatic carboxylic acids is 2. The van der Waals surface area contributed by atoms with Crippen LogP contribution >= 0.6 is 0 Å². The molecule has 21 heavy (non-hydrogen) atoms. The molecule has 0 amide bonds. The van der Waals surface area contributed by atoms with Gasteiger partial charge in [-0.2, -0.15) is 0 Å². The average molecular weight is 297 g/mol. The molecule has 1 aromatic carbocycles. The van der Waals surface area contributed by atoms with Gasteiger partial charge in [0.2, 0.25) is 0 Å². The summed E-state index contributed by atoms with van der Waals surface area (Å²) in [5.41, 5.74) is 1.40. The fourth-order valence-corrected chi connectivity index (χ4v) is 1.30. The van der Waals surface area contributed by atoms with E-state index in [1.165, 1.54) is 5.56 Å². The number of rotatable bonds is 4. The lowest BCUT2D eigenvalue weighted by atomic mass is 10.1. The molecule has 0 unspecified atom stereocenters. The van der Waals surface area contributed by atoms with Gasteiger partial charge in [0.15, 0.2) is 0 Å². The van der Waals surface area contributed by atoms with E-state index < -0.39 is 11.9 Å². The van der Waals surface area contributed by atoms with Gasteiger partial charge in [0, 0.05) is 12.1 Å². The second-order valence-electron chi connectivity index (χ2n) is 5.45. The van der Waals surface area contributed by atoms with Crippen LogP contribution in [-0.2, 0) is 9.59 Å². The molecule has 0 atom stereocenters. The molecule has 0 aliphatic rings. The maximum Gasteiger partial charge on any atom is 0.414 e. The SMILES string of the molecule is Cc1cccc(OCCNC(C)(C)C)c1.O=C(O)C(=O)O. The molecular weight excluding hydrogens is 274 g/mol. The molecule has 0 fully saturated rings. The van der Waals surface area contributed by atoms with Crippen molar-refractivity contribution in [1.82, 2.24) is 5.32 Å². The number of carboxylic acid groups (broad SMARTS) is 2. The summed E-state index contributed by atoms with van der Waals surface area (Å²) in [4.78, 5) is 18.2. The van der Waals surface area contributed by atoms with Crippen LogP contribution in [0, 0.1) is 6.92 Å². The molecule has 3 N–H and O–H groups in total. The number of aryl methyl sites for hydroxylation is 1. The van der Waals surface area contributed by atoms with Gasteiger partial charge in [-0.3, -0.25) is 0 Å². The van der Waals surface area contributed by atoms with E-state index in [4.69, 9.17) is 24.5 Å². The summed E-state index contributed by atoms with van der Waals surface area (Å²) in [5, 5.41) is 18.2. The van der Waals surface area contributed by atoms with Gasteiger partial charge >= 0.3 is 11.9 Å². The predicted octanol–water partition coefficient (Wildman–Crippen LogP) is 1.92. The van der Waals surface area contributed by atoms with Crippen LogP contribution in [0.2, 0.25) is 0 Å². The second kappa shape index (κ2) is 8.97. The van der Waals surface area contributed by atoms with Crippen molar-refractivity contribution in [3.63, 3.8) is 0 Å². The van der Waals surface area contributed by atoms with Gasteiger partial charge in [-0.25, -0.2) is 9.59 Å². The molecule has 1 rings (SSSR count). The van der Waals surface area contributed by atoms with Crippen molar-refractivity contribution in [2.45, 2.75) is 33.2 Å². The van der Waals surface area contributed by atoms with Crippen molar-refractivity contribution in [3.05, 3.63) is 29.8 Å². The van der Waals surface area contributed by atoms with Crippen molar-refractivity contribution in [1.29, 1.82) is 0 Å². The number of carbonyl (C=O) groups is 2. The zero-order valence-electron chi connectivity index (χ0n) is 12.8. The van der Waals surface area contributed by atoms with E-state index in [0.29, 0.717) is 6.61 Å². The van der Waals surface area contributed by atoms with Crippen LogP contribution in [-0.4, -0.2) is 40.8 Å². The highest BCUT2D eigenvalue weighted by atomic mass is 16.5. The number of ether oxygens (including phenoxy) is 1. The highest BCUT2D eigenvalue weighted by molar-refractivity contribution is 6.27. The van der Waals surface area contributed by atoms with Gasteiger partial charge in [-0.05, 0) is 45.4 Å². The smallest absolute Gasteiger partial charge is 0.414 e. The zero-order chi connectivity index (χ0) is 16.5. The Morgan fingerprint density at radius 1 is 1.19 bits per heavy atom. The quantitative estimate of drug-likeness (QED) is 0.580. The topological polar surface area (TPSA) is 95.9 Å². The van der Waals surface area contributed by atoms with Crippen molar-refractivity contribution < 1.29 is 24.5 Å². The number of carboxylic acids is 2. The normalized spacial score (nSPS) is 10.3. The predicted molar refractivity (Wildman–Crippen MR) is 79.7 cm³/mol. The molecular formula is C15H23NO5. The average Bonchev–Trinajstić information content (AvgIpc) is 2.34. The first kappa shape index (κ1) is 18.9. The van der Waals surface area contributed by atoms with Gasteiger partial charge in [0.25, 0.3) is 0 Å². The molecule has 0 aliphatic heterocycles. The van der Waals surface area contributed by atoms with E-state index in [2.05, 4.69) is 45.1 Å². The van der Waals surface area contributed by atoms with Crippen LogP contribution in [0.25, 0.3) is 0 Å². The molecule has 0 saturated carbocycles. The molecule has 0 spiro atoms. The summed E-state index contributed by atoms with van der Waals surface area (Å²) in [6.07, 6.45) is 0. The molecule has 0 aromatic heterocycles. The Bertz CT molecular complexity index is 453. The molecule has 6 heteroatoms. The Morgan fingerprint density at radius 3 is 2.19 bits per heavy atom. The lowest BCUT2D eigenvalue weighted by Crippen LogP contribution is -2.38. The summed E-state index contributed by atoms with van der Waals surface area (Å²) >= 11 is 0. The van der Waals surface area contributed by atoms with Crippen molar-refractivity contribution >= 4 is 11.9 Å². The molecule has 118 valence electrons. The first-order valence-electron chi connectivity index (χ1n) is 6.52. The molecule has 0 radical (unpaired) electrons. The Balaban J connectivity index is 0.000000567. The third-order valence-corrected chi connectivity index (χ3v) is 2.20. The van der Waals surface area contributed by atoms with Crippen LogP contribution in [0.1, 0.15) is 26.3 Å². The first-order chi connectivity index (χ1) is 9.61. The summed E-state index contributed by atoms with van der Waals surface area (Å²) in [6, 6.07) is 8.13. The first-order valence-corrected chi connectivity index (χ1v) is 6.52. The third-order valence-electron chi connectivity index (χ3n) is 2.20. The van der Waals surface area contributed by atoms with Gasteiger partial charge in [-0.15, -0.1) is 0 Å². The highest BCUT2D eigenvalue weighted by Crippen LogP contribution is 2.11. The van der Waals surface area contributed by atoms with Crippen LogP contribution in [0.15, 0.2) is 24.3 Å². The fourth-order valence-electron chi connectivity index (χ4n) is 1.30. The van der Waals surface area contributed by atoms with Crippen molar-refractivity contribution in [2.75, 3.05) is 13.2 Å². The third kappa shape index (κ3) is 11.4. The fraction of sp³-hybridized carbons (Fsp3) is 0.467. The Morgan fingerprint density at radius 2 is 1.76 bits per heavy atom. The lowest BCUT2D eigenvalue weighted by Gasteiger charge is -2.20. The zero-order valence-corrected chi connectivity index (χ0v) is 12.8. The number of nitrogens with one attached hydrogen (secondary N) is 1. The Kier molecular flexibility index (Phi) is 8.08. The molecule has 0 bridgehead atoms. The largest absolute Gasteiger partial charge is 0.492 e. The summed E-state index contributed by atoms with van der Waals surface area (Å²) in [5.74, 6) is -2.70. The van der Waals surface area contributed by atoms with Gasteiger partial charge in [0.05, 0.1) is 0 Å². The van der Waals surface area contributed by atoms with Crippen molar-refractivity contribution in [2.24, 2.45) is 0 Å². The van der Waals surface area contributed by atoms with Crippen LogP contribution in [0.4, 0.5) is 0 Å². The number of hydrogen-bond acceptors (Lipinski definition) is 4. The highest BCUT2D eigenvalue weighted by Gasteiger charge is 2.07. The second-order valence-corrected chi connectivity index (χ2v) is 5.45. The van der Waals surface area contributed by atoms with Gasteiger partial charge in [-0.1, -0.05) is 12.1 Å². The van der Waals surface area contributed by atoms with E-state index in [1.54, 1.807) is 0 Å². The number of benzene rings is 1. The number of hydrogen-bond donors (Lipinski definition) is 3. The minimum absolute atomic E-state index is 0.163. The lowest BCUT2D eigenvalue weighted by molar-refractivity contribution is -0.159. The van der Waals surface area contributed by atoms with E-state index in [9.17, 15) is 0 Å². The summed E-state index contributed by atoms with van der Waals surface area (Å²) < 4.78 is 5.62. The molecule has 0 saturated heterocycles. The molecule has 6 nitrogen and oxygen atoms in total. The van der Waals surface area contributed by atoms with Gasteiger partial charge in [0.1, 0.15) is 12.4 Å². The molecule has 0 heterocycles. The Hall–Kier alpha value is -2.08. The molecule has 1 aromatic rings. The summed E-state index contributed by atoms with van der Waals surface area (Å²) in [7, 11) is 0.